The highest BCUT2D eigenvalue weighted by Crippen LogP contribution is 2.07. The van der Waals surface area contributed by atoms with Crippen LogP contribution in [0.2, 0.25) is 0 Å². The molecule has 5 heteroatoms. The van der Waals surface area contributed by atoms with Gasteiger partial charge in [-0.3, -0.25) is 10.1 Å². The lowest BCUT2D eigenvalue weighted by Crippen LogP contribution is -2.39. The predicted molar refractivity (Wildman–Crippen MR) is 52.7 cm³/mol. The number of aromatic nitrogens is 1. The van der Waals surface area contributed by atoms with Gasteiger partial charge in [0.15, 0.2) is 0 Å². The summed E-state index contributed by atoms with van der Waals surface area (Å²) in [6.07, 6.45) is 1.47. The number of anilines is 1. The first-order valence-electron chi connectivity index (χ1n) is 4.49. The summed E-state index contributed by atoms with van der Waals surface area (Å²) < 4.78 is 4.97. The maximum Gasteiger partial charge on any atom is 0.301 e. The van der Waals surface area contributed by atoms with Crippen molar-refractivity contribution >= 4 is 11.9 Å². The van der Waals surface area contributed by atoms with Crippen LogP contribution < -0.4 is 11.1 Å². The molecule has 0 aromatic carbocycles. The molecular formula is C9H15N3O2. The van der Waals surface area contributed by atoms with Crippen LogP contribution in [0.25, 0.3) is 0 Å². The molecule has 0 fully saturated rings. The van der Waals surface area contributed by atoms with Gasteiger partial charge < -0.3 is 10.2 Å². The fourth-order valence-electron chi connectivity index (χ4n) is 0.903. The molecule has 5 nitrogen and oxygen atoms in total. The van der Waals surface area contributed by atoms with Crippen LogP contribution in [-0.2, 0) is 4.79 Å². The molecule has 0 unspecified atom stereocenters. The molecule has 1 atom stereocenters. The van der Waals surface area contributed by atoms with Crippen molar-refractivity contribution in [1.82, 2.24) is 4.98 Å². The van der Waals surface area contributed by atoms with Crippen molar-refractivity contribution in [3.05, 3.63) is 12.0 Å². The Hall–Kier alpha value is -1.36. The molecule has 0 bridgehead atoms. The third kappa shape index (κ3) is 2.56. The van der Waals surface area contributed by atoms with Gasteiger partial charge in [0, 0.05) is 0 Å². The van der Waals surface area contributed by atoms with Crippen molar-refractivity contribution in [2.24, 2.45) is 11.7 Å². The maximum atomic E-state index is 11.4. The van der Waals surface area contributed by atoms with E-state index < -0.39 is 6.04 Å². The van der Waals surface area contributed by atoms with Gasteiger partial charge in [-0.1, -0.05) is 13.8 Å². The third-order valence-corrected chi connectivity index (χ3v) is 1.87. The van der Waals surface area contributed by atoms with Gasteiger partial charge in [-0.25, -0.2) is 0 Å². The quantitative estimate of drug-likeness (QED) is 0.754. The highest BCUT2D eigenvalue weighted by Gasteiger charge is 2.18. The second kappa shape index (κ2) is 4.23. The molecule has 78 valence electrons. The first-order valence-corrected chi connectivity index (χ1v) is 4.49. The first kappa shape index (κ1) is 10.7. The van der Waals surface area contributed by atoms with E-state index in [-0.39, 0.29) is 17.8 Å². The maximum absolute atomic E-state index is 11.4. The number of rotatable bonds is 3. The lowest BCUT2D eigenvalue weighted by atomic mass is 10.1. The number of amides is 1. The Morgan fingerprint density at radius 2 is 2.29 bits per heavy atom. The average molecular weight is 197 g/mol. The van der Waals surface area contributed by atoms with Gasteiger partial charge in [0.2, 0.25) is 5.91 Å². The lowest BCUT2D eigenvalue weighted by molar-refractivity contribution is -0.118. The zero-order valence-corrected chi connectivity index (χ0v) is 8.57. The number of hydrogen-bond donors (Lipinski definition) is 2. The molecule has 0 spiro atoms. The molecular weight excluding hydrogens is 182 g/mol. The molecule has 0 saturated heterocycles. The third-order valence-electron chi connectivity index (χ3n) is 1.87. The van der Waals surface area contributed by atoms with E-state index >= 15 is 0 Å². The summed E-state index contributed by atoms with van der Waals surface area (Å²) in [4.78, 5) is 15.4. The van der Waals surface area contributed by atoms with Crippen LogP contribution in [0.5, 0.6) is 0 Å². The largest absolute Gasteiger partial charge is 0.432 e. The molecule has 0 aliphatic rings. The van der Waals surface area contributed by atoms with Gasteiger partial charge in [0.1, 0.15) is 6.26 Å². The Kier molecular flexibility index (Phi) is 3.24. The van der Waals surface area contributed by atoms with Crippen molar-refractivity contribution in [3.8, 4) is 0 Å². The number of oxazole rings is 1. The molecule has 0 aliphatic carbocycles. The fourth-order valence-corrected chi connectivity index (χ4v) is 0.903. The summed E-state index contributed by atoms with van der Waals surface area (Å²) in [6.45, 7) is 5.54. The predicted octanol–water partition coefficient (Wildman–Crippen LogP) is 0.905. The van der Waals surface area contributed by atoms with Crippen LogP contribution >= 0.6 is 0 Å². The van der Waals surface area contributed by atoms with Crippen LogP contribution in [0.4, 0.5) is 6.01 Å². The molecule has 1 rings (SSSR count). The number of nitrogens with one attached hydrogen (secondary N) is 1. The Morgan fingerprint density at radius 1 is 1.64 bits per heavy atom. The van der Waals surface area contributed by atoms with Crippen molar-refractivity contribution in [2.75, 3.05) is 5.32 Å². The number of nitrogens with two attached hydrogens (primary N) is 1. The molecule has 0 radical (unpaired) electrons. The summed E-state index contributed by atoms with van der Waals surface area (Å²) >= 11 is 0. The van der Waals surface area contributed by atoms with Gasteiger partial charge in [-0.2, -0.15) is 4.98 Å². The summed E-state index contributed by atoms with van der Waals surface area (Å²) in [5.74, 6) is -0.187. The lowest BCUT2D eigenvalue weighted by Gasteiger charge is -2.13. The van der Waals surface area contributed by atoms with Crippen LogP contribution in [0.15, 0.2) is 10.7 Å². The van der Waals surface area contributed by atoms with Crippen LogP contribution in [0, 0.1) is 12.8 Å². The zero-order chi connectivity index (χ0) is 10.7. The van der Waals surface area contributed by atoms with E-state index in [4.69, 9.17) is 10.2 Å². The Bertz CT molecular complexity index is 320. The monoisotopic (exact) mass is 197 g/mol. The van der Waals surface area contributed by atoms with E-state index in [2.05, 4.69) is 10.3 Å². The highest BCUT2D eigenvalue weighted by atomic mass is 16.4. The minimum absolute atomic E-state index is 0.0889. The number of aryl methyl sites for hydroxylation is 1. The summed E-state index contributed by atoms with van der Waals surface area (Å²) in [7, 11) is 0. The standard InChI is InChI=1S/C9H15N3O2/c1-5(2)7(10)8(13)12-9-11-6(3)4-14-9/h4-5,7H,10H2,1-3H3,(H,11,12,13)/t7-/m0/s1. The minimum atomic E-state index is -0.540. The van der Waals surface area contributed by atoms with Gasteiger partial charge in [-0.15, -0.1) is 0 Å². The normalized spacial score (nSPS) is 12.9. The minimum Gasteiger partial charge on any atom is -0.432 e. The fraction of sp³-hybridized carbons (Fsp3) is 0.556. The molecule has 3 N–H and O–H groups in total. The van der Waals surface area contributed by atoms with Gasteiger partial charge >= 0.3 is 6.01 Å². The van der Waals surface area contributed by atoms with E-state index in [0.29, 0.717) is 0 Å². The smallest absolute Gasteiger partial charge is 0.301 e. The summed E-state index contributed by atoms with van der Waals surface area (Å²) in [5.41, 5.74) is 6.35. The van der Waals surface area contributed by atoms with Gasteiger partial charge in [0.05, 0.1) is 11.7 Å². The van der Waals surface area contributed by atoms with Crippen molar-refractivity contribution in [1.29, 1.82) is 0 Å². The SMILES string of the molecule is Cc1coc(NC(=O)[C@@H](N)C(C)C)n1. The number of nitrogens with zero attached hydrogens (tertiary/aromatic N) is 1. The zero-order valence-electron chi connectivity index (χ0n) is 8.57. The molecule has 1 amide bonds. The van der Waals surface area contributed by atoms with Crippen LogP contribution in [0.1, 0.15) is 19.5 Å². The number of carbonyl (C=O) groups excluding carboxylic acids is 1. The van der Waals surface area contributed by atoms with Crippen molar-refractivity contribution in [3.63, 3.8) is 0 Å². The molecule has 0 aliphatic heterocycles. The van der Waals surface area contributed by atoms with E-state index in [0.717, 1.165) is 5.69 Å². The van der Waals surface area contributed by atoms with E-state index in [1.165, 1.54) is 6.26 Å². The second-order valence-corrected chi connectivity index (χ2v) is 3.55. The topological polar surface area (TPSA) is 81.2 Å². The number of hydrogen-bond acceptors (Lipinski definition) is 4. The molecule has 0 saturated carbocycles. The van der Waals surface area contributed by atoms with Crippen molar-refractivity contribution < 1.29 is 9.21 Å². The average Bonchev–Trinajstić information content (AvgIpc) is 2.49. The van der Waals surface area contributed by atoms with E-state index in [1.807, 2.05) is 13.8 Å². The van der Waals surface area contributed by atoms with Gasteiger partial charge in [-0.05, 0) is 12.8 Å². The molecule has 1 heterocycles. The van der Waals surface area contributed by atoms with E-state index in [9.17, 15) is 4.79 Å². The van der Waals surface area contributed by atoms with Gasteiger partial charge in [0.25, 0.3) is 0 Å². The van der Waals surface area contributed by atoms with Crippen LogP contribution in [0.3, 0.4) is 0 Å². The Labute approximate surface area is 82.7 Å². The van der Waals surface area contributed by atoms with Crippen LogP contribution in [-0.4, -0.2) is 16.9 Å². The highest BCUT2D eigenvalue weighted by molar-refractivity contribution is 5.93. The molecule has 14 heavy (non-hydrogen) atoms. The van der Waals surface area contributed by atoms with Crippen molar-refractivity contribution in [2.45, 2.75) is 26.8 Å². The summed E-state index contributed by atoms with van der Waals surface area (Å²) in [5, 5.41) is 2.50. The number of carbonyl (C=O) groups is 1. The second-order valence-electron chi connectivity index (χ2n) is 3.55. The van der Waals surface area contributed by atoms with E-state index in [1.54, 1.807) is 6.92 Å². The first-order chi connectivity index (χ1) is 6.50. The molecule has 1 aromatic heterocycles. The molecule has 1 aromatic rings. The summed E-state index contributed by atoms with van der Waals surface area (Å²) in [6, 6.07) is -0.342. The Balaban J connectivity index is 2.57. The Morgan fingerprint density at radius 3 is 2.71 bits per heavy atom.